The SMILES string of the molecule is c1ccc(-c2ccc(N(c3ccc(-c4ccccc4)cc3)c3cccc4c3Oc3ccccc3C43c4ccccc4-n4c5ccccc5c5cccc3c54)cc2)cc1. The third-order valence-corrected chi connectivity index (χ3v) is 12.3. The van der Waals surface area contributed by atoms with Crippen LogP contribution in [0, 0.1) is 0 Å². The van der Waals surface area contributed by atoms with E-state index in [0.29, 0.717) is 0 Å². The van der Waals surface area contributed by atoms with Crippen molar-refractivity contribution < 1.29 is 4.74 Å². The molecule has 3 heterocycles. The maximum atomic E-state index is 7.26. The summed E-state index contributed by atoms with van der Waals surface area (Å²) >= 11 is 0. The van der Waals surface area contributed by atoms with Gasteiger partial charge in [-0.15, -0.1) is 0 Å². The molecule has 0 saturated heterocycles. The molecular formula is C55H36N2O. The van der Waals surface area contributed by atoms with E-state index in [1.54, 1.807) is 0 Å². The van der Waals surface area contributed by atoms with Crippen LogP contribution in [0.5, 0.6) is 11.5 Å². The monoisotopic (exact) mass is 740 g/mol. The van der Waals surface area contributed by atoms with Gasteiger partial charge >= 0.3 is 0 Å². The van der Waals surface area contributed by atoms with E-state index in [0.717, 1.165) is 39.7 Å². The molecule has 58 heavy (non-hydrogen) atoms. The van der Waals surface area contributed by atoms with Crippen LogP contribution in [0.25, 0.3) is 49.7 Å². The lowest BCUT2D eigenvalue weighted by Gasteiger charge is -2.45. The molecule has 0 N–H and O–H groups in total. The Hall–Kier alpha value is -7.62. The lowest BCUT2D eigenvalue weighted by Crippen LogP contribution is -2.38. The Morgan fingerprint density at radius 3 is 1.60 bits per heavy atom. The predicted molar refractivity (Wildman–Crippen MR) is 238 cm³/mol. The molecule has 0 radical (unpaired) electrons. The van der Waals surface area contributed by atoms with Crippen LogP contribution in [0.15, 0.2) is 218 Å². The number of rotatable bonds is 5. The zero-order valence-electron chi connectivity index (χ0n) is 31.6. The molecule has 9 aromatic carbocycles. The average molecular weight is 741 g/mol. The van der Waals surface area contributed by atoms with E-state index in [4.69, 9.17) is 4.74 Å². The molecule has 0 fully saturated rings. The van der Waals surface area contributed by atoms with E-state index < -0.39 is 5.41 Å². The number of aromatic nitrogens is 1. The highest BCUT2D eigenvalue weighted by atomic mass is 16.5. The summed E-state index contributed by atoms with van der Waals surface area (Å²) in [6, 6.07) is 78.9. The summed E-state index contributed by atoms with van der Waals surface area (Å²) in [4.78, 5) is 2.36. The van der Waals surface area contributed by atoms with Gasteiger partial charge in [-0.3, -0.25) is 0 Å². The van der Waals surface area contributed by atoms with Crippen LogP contribution in [0.3, 0.4) is 0 Å². The number of hydrogen-bond donors (Lipinski definition) is 0. The van der Waals surface area contributed by atoms with E-state index in [-0.39, 0.29) is 0 Å². The van der Waals surface area contributed by atoms with Gasteiger partial charge in [-0.05, 0) is 81.9 Å². The summed E-state index contributed by atoms with van der Waals surface area (Å²) in [5.41, 5.74) is 15.5. The van der Waals surface area contributed by atoms with Gasteiger partial charge < -0.3 is 14.2 Å². The molecule has 1 aromatic heterocycles. The van der Waals surface area contributed by atoms with E-state index in [1.165, 1.54) is 60.9 Å². The van der Waals surface area contributed by atoms with Gasteiger partial charge in [0.2, 0.25) is 0 Å². The molecule has 3 heteroatoms. The summed E-state index contributed by atoms with van der Waals surface area (Å²) in [5, 5.41) is 2.51. The summed E-state index contributed by atoms with van der Waals surface area (Å²) < 4.78 is 9.74. The lowest BCUT2D eigenvalue weighted by atomic mass is 9.61. The van der Waals surface area contributed by atoms with Crippen molar-refractivity contribution in [2.75, 3.05) is 4.90 Å². The van der Waals surface area contributed by atoms with Crippen LogP contribution < -0.4 is 9.64 Å². The van der Waals surface area contributed by atoms with Crippen molar-refractivity contribution in [3.05, 3.63) is 241 Å². The van der Waals surface area contributed by atoms with Crippen LogP contribution in [0.4, 0.5) is 17.1 Å². The van der Waals surface area contributed by atoms with E-state index in [9.17, 15) is 0 Å². The Balaban J connectivity index is 1.14. The van der Waals surface area contributed by atoms with Gasteiger partial charge in [0, 0.05) is 33.3 Å². The summed E-state index contributed by atoms with van der Waals surface area (Å²) in [7, 11) is 0. The Labute approximate surface area is 337 Å². The van der Waals surface area contributed by atoms with Gasteiger partial charge in [0.15, 0.2) is 5.75 Å². The second kappa shape index (κ2) is 12.7. The number of benzene rings is 9. The molecule has 12 rings (SSSR count). The molecule has 1 atom stereocenters. The van der Waals surface area contributed by atoms with Crippen LogP contribution in [-0.4, -0.2) is 4.57 Å². The van der Waals surface area contributed by atoms with Crippen molar-refractivity contribution in [2.45, 2.75) is 5.41 Å². The van der Waals surface area contributed by atoms with Crippen molar-refractivity contribution in [1.82, 2.24) is 4.57 Å². The molecule has 1 unspecified atom stereocenters. The third kappa shape index (κ3) is 4.62. The first-order chi connectivity index (χ1) is 28.8. The van der Waals surface area contributed by atoms with Crippen LogP contribution in [0.2, 0.25) is 0 Å². The molecule has 0 bridgehead atoms. The number of para-hydroxylation sites is 5. The molecule has 0 amide bonds. The largest absolute Gasteiger partial charge is 0.454 e. The fraction of sp³-hybridized carbons (Fsp3) is 0.0182. The van der Waals surface area contributed by atoms with Crippen molar-refractivity contribution in [2.24, 2.45) is 0 Å². The lowest BCUT2D eigenvalue weighted by molar-refractivity contribution is 0.435. The standard InChI is InChI=1S/C55H36N2O/c1-3-15-37(16-4-1)39-29-33-41(34-30-39)56(42-35-31-40(32-36-42)38-17-5-2-6-18-38)51-27-14-24-48-54(51)58-52-28-12-9-22-46(52)55(48)45-21-8-11-26-50(45)57-49-25-10-7-19-43(49)44-20-13-23-47(55)53(44)57/h1-36H. The highest BCUT2D eigenvalue weighted by Gasteiger charge is 2.51. The summed E-state index contributed by atoms with van der Waals surface area (Å²) in [5.74, 6) is 1.70. The Morgan fingerprint density at radius 1 is 0.379 bits per heavy atom. The summed E-state index contributed by atoms with van der Waals surface area (Å²) in [6.45, 7) is 0. The Morgan fingerprint density at radius 2 is 0.897 bits per heavy atom. The number of anilines is 3. The topological polar surface area (TPSA) is 17.4 Å². The van der Waals surface area contributed by atoms with Crippen molar-refractivity contribution in [3.63, 3.8) is 0 Å². The van der Waals surface area contributed by atoms with Crippen LogP contribution in [0.1, 0.15) is 22.3 Å². The molecule has 272 valence electrons. The molecule has 1 spiro atoms. The molecule has 3 nitrogen and oxygen atoms in total. The predicted octanol–water partition coefficient (Wildman–Crippen LogP) is 14.4. The van der Waals surface area contributed by atoms with Gasteiger partial charge in [0.1, 0.15) is 5.75 Å². The van der Waals surface area contributed by atoms with Crippen molar-refractivity contribution >= 4 is 38.9 Å². The van der Waals surface area contributed by atoms with Gasteiger partial charge in [-0.2, -0.15) is 0 Å². The fourth-order valence-corrected chi connectivity index (χ4v) is 9.80. The minimum absolute atomic E-state index is 0.666. The highest BCUT2D eigenvalue weighted by molar-refractivity contribution is 6.12. The molecule has 0 aliphatic carbocycles. The molecule has 10 aromatic rings. The van der Waals surface area contributed by atoms with Gasteiger partial charge in [-0.1, -0.05) is 170 Å². The first kappa shape index (κ1) is 32.6. The maximum absolute atomic E-state index is 7.26. The van der Waals surface area contributed by atoms with Crippen LogP contribution >= 0.6 is 0 Å². The maximum Gasteiger partial charge on any atom is 0.156 e. The smallest absolute Gasteiger partial charge is 0.156 e. The minimum atomic E-state index is -0.666. The average Bonchev–Trinajstić information content (AvgIpc) is 3.64. The second-order valence-electron chi connectivity index (χ2n) is 15.2. The zero-order valence-corrected chi connectivity index (χ0v) is 31.6. The first-order valence-electron chi connectivity index (χ1n) is 19.9. The highest BCUT2D eigenvalue weighted by Crippen LogP contribution is 2.62. The Bertz CT molecular complexity index is 3100. The number of fused-ring (bicyclic) bond motifs is 11. The zero-order chi connectivity index (χ0) is 38.2. The van der Waals surface area contributed by atoms with E-state index in [2.05, 4.69) is 228 Å². The van der Waals surface area contributed by atoms with Crippen LogP contribution in [-0.2, 0) is 5.41 Å². The number of ether oxygens (including phenoxy) is 1. The quantitative estimate of drug-likeness (QED) is 0.175. The van der Waals surface area contributed by atoms with Gasteiger partial charge in [0.25, 0.3) is 0 Å². The van der Waals surface area contributed by atoms with Gasteiger partial charge in [0.05, 0.1) is 27.8 Å². The van der Waals surface area contributed by atoms with E-state index in [1.807, 2.05) is 0 Å². The summed E-state index contributed by atoms with van der Waals surface area (Å²) in [6.07, 6.45) is 0. The van der Waals surface area contributed by atoms with Crippen molar-refractivity contribution in [3.8, 4) is 39.4 Å². The number of hydrogen-bond acceptors (Lipinski definition) is 2. The molecule has 2 aliphatic rings. The minimum Gasteiger partial charge on any atom is -0.454 e. The number of nitrogens with zero attached hydrogens (tertiary/aromatic N) is 2. The van der Waals surface area contributed by atoms with Crippen molar-refractivity contribution in [1.29, 1.82) is 0 Å². The molecular weight excluding hydrogens is 705 g/mol. The normalized spacial score (nSPS) is 14.8. The fourth-order valence-electron chi connectivity index (χ4n) is 9.80. The Kier molecular flexibility index (Phi) is 7.14. The second-order valence-corrected chi connectivity index (χ2v) is 15.2. The molecule has 2 aliphatic heterocycles. The third-order valence-electron chi connectivity index (χ3n) is 12.3. The van der Waals surface area contributed by atoms with E-state index >= 15 is 0 Å². The van der Waals surface area contributed by atoms with Gasteiger partial charge in [-0.25, -0.2) is 0 Å². The first-order valence-corrected chi connectivity index (χ1v) is 19.9. The molecule has 0 saturated carbocycles.